The van der Waals surface area contributed by atoms with Crippen LogP contribution in [0.5, 0.6) is 0 Å². The predicted molar refractivity (Wildman–Crippen MR) is 86.0 cm³/mol. The molecule has 0 aromatic carbocycles. The van der Waals surface area contributed by atoms with Gasteiger partial charge in [0.1, 0.15) is 0 Å². The number of hydrogen-bond donors (Lipinski definition) is 1. The molecule has 0 aliphatic heterocycles. The van der Waals surface area contributed by atoms with Gasteiger partial charge in [0.05, 0.1) is 16.6 Å². The van der Waals surface area contributed by atoms with Crippen molar-refractivity contribution in [1.82, 2.24) is 25.6 Å². The number of aromatic nitrogens is 4. The molecule has 1 atom stereocenters. The second-order valence-electron chi connectivity index (χ2n) is 6.77. The molecule has 0 amide bonds. The van der Waals surface area contributed by atoms with Crippen LogP contribution in [0.25, 0.3) is 22.6 Å². The SMILES string of the molecule is CNC(C)Cc1noc(-c2cnc3onc(C(C)(C)C)c3c2)n1. The number of nitrogens with zero attached hydrogens (tertiary/aromatic N) is 4. The summed E-state index contributed by atoms with van der Waals surface area (Å²) in [5, 5.41) is 12.2. The Kier molecular flexibility index (Phi) is 3.89. The fraction of sp³-hybridized carbons (Fsp3) is 0.500. The van der Waals surface area contributed by atoms with Crippen molar-refractivity contribution >= 4 is 11.1 Å². The van der Waals surface area contributed by atoms with Gasteiger partial charge in [0.2, 0.25) is 0 Å². The molecule has 3 heterocycles. The fourth-order valence-corrected chi connectivity index (χ4v) is 2.32. The molecular weight excluding hydrogens is 294 g/mol. The van der Waals surface area contributed by atoms with Gasteiger partial charge in [-0.1, -0.05) is 31.1 Å². The van der Waals surface area contributed by atoms with Crippen LogP contribution in [0, 0.1) is 0 Å². The lowest BCUT2D eigenvalue weighted by Gasteiger charge is -2.14. The summed E-state index contributed by atoms with van der Waals surface area (Å²) in [5.74, 6) is 1.13. The molecule has 3 aromatic rings. The Morgan fingerprint density at radius 2 is 2.00 bits per heavy atom. The molecule has 23 heavy (non-hydrogen) atoms. The van der Waals surface area contributed by atoms with Gasteiger partial charge in [-0.2, -0.15) is 4.98 Å². The highest BCUT2D eigenvalue weighted by atomic mass is 16.5. The summed E-state index contributed by atoms with van der Waals surface area (Å²) in [6, 6.07) is 2.23. The van der Waals surface area contributed by atoms with Crippen LogP contribution in [0.3, 0.4) is 0 Å². The molecule has 1 unspecified atom stereocenters. The summed E-state index contributed by atoms with van der Waals surface area (Å²) < 4.78 is 10.7. The predicted octanol–water partition coefficient (Wildman–Crippen LogP) is 2.72. The molecule has 0 bridgehead atoms. The van der Waals surface area contributed by atoms with Gasteiger partial charge in [-0.3, -0.25) is 0 Å². The van der Waals surface area contributed by atoms with Crippen molar-refractivity contribution < 1.29 is 9.05 Å². The second-order valence-corrected chi connectivity index (χ2v) is 6.77. The van der Waals surface area contributed by atoms with Crippen LogP contribution in [-0.4, -0.2) is 33.4 Å². The van der Waals surface area contributed by atoms with Crippen LogP contribution in [0.2, 0.25) is 0 Å². The van der Waals surface area contributed by atoms with Gasteiger partial charge in [-0.15, -0.1) is 0 Å². The van der Waals surface area contributed by atoms with Crippen LogP contribution in [0.15, 0.2) is 21.3 Å². The van der Waals surface area contributed by atoms with Crippen molar-refractivity contribution in [3.8, 4) is 11.5 Å². The molecule has 122 valence electrons. The van der Waals surface area contributed by atoms with Crippen molar-refractivity contribution in [3.63, 3.8) is 0 Å². The van der Waals surface area contributed by atoms with Crippen molar-refractivity contribution in [2.75, 3.05) is 7.05 Å². The summed E-state index contributed by atoms with van der Waals surface area (Å²) in [5.41, 5.74) is 2.02. The number of pyridine rings is 1. The molecule has 0 fully saturated rings. The zero-order valence-electron chi connectivity index (χ0n) is 14.0. The summed E-state index contributed by atoms with van der Waals surface area (Å²) in [6.45, 7) is 8.32. The lowest BCUT2D eigenvalue weighted by Crippen LogP contribution is -2.24. The molecule has 1 N–H and O–H groups in total. The van der Waals surface area contributed by atoms with Crippen LogP contribution in [0.4, 0.5) is 0 Å². The molecule has 0 radical (unpaired) electrons. The molecular formula is C16H21N5O2. The second kappa shape index (κ2) is 5.73. The van der Waals surface area contributed by atoms with Gasteiger partial charge in [0.15, 0.2) is 5.82 Å². The van der Waals surface area contributed by atoms with Gasteiger partial charge in [0, 0.05) is 24.1 Å². The summed E-state index contributed by atoms with van der Waals surface area (Å²) in [7, 11) is 1.91. The quantitative estimate of drug-likeness (QED) is 0.791. The molecule has 3 aromatic heterocycles. The first-order valence-corrected chi connectivity index (χ1v) is 7.64. The number of hydrogen-bond acceptors (Lipinski definition) is 7. The van der Waals surface area contributed by atoms with E-state index >= 15 is 0 Å². The van der Waals surface area contributed by atoms with Crippen molar-refractivity contribution in [1.29, 1.82) is 0 Å². The zero-order valence-corrected chi connectivity index (χ0v) is 14.0. The maximum absolute atomic E-state index is 5.37. The molecule has 7 heteroatoms. The monoisotopic (exact) mass is 315 g/mol. The molecule has 0 spiro atoms. The molecule has 0 saturated carbocycles. The van der Waals surface area contributed by atoms with Crippen LogP contribution in [-0.2, 0) is 11.8 Å². The van der Waals surface area contributed by atoms with E-state index in [2.05, 4.69) is 53.3 Å². The number of likely N-dealkylation sites (N-methyl/N-ethyl adjacent to an activating group) is 1. The minimum absolute atomic E-state index is 0.131. The molecule has 7 nitrogen and oxygen atoms in total. The normalized spacial score (nSPS) is 13.6. The first kappa shape index (κ1) is 15.6. The average molecular weight is 315 g/mol. The third-order valence-electron chi connectivity index (χ3n) is 3.74. The van der Waals surface area contributed by atoms with Gasteiger partial charge in [-0.05, 0) is 20.0 Å². The lowest BCUT2D eigenvalue weighted by atomic mass is 9.90. The maximum atomic E-state index is 5.37. The van der Waals surface area contributed by atoms with E-state index in [-0.39, 0.29) is 11.5 Å². The Morgan fingerprint density at radius 3 is 2.70 bits per heavy atom. The molecule has 0 aliphatic carbocycles. The zero-order chi connectivity index (χ0) is 16.6. The molecule has 3 rings (SSSR count). The van der Waals surface area contributed by atoms with Crippen LogP contribution < -0.4 is 5.32 Å². The Balaban J connectivity index is 1.97. The Morgan fingerprint density at radius 1 is 1.22 bits per heavy atom. The van der Waals surface area contributed by atoms with Gasteiger partial charge >= 0.3 is 0 Å². The number of fused-ring (bicyclic) bond motifs is 1. The Bertz CT molecular complexity index is 815. The highest BCUT2D eigenvalue weighted by Gasteiger charge is 2.23. The first-order valence-electron chi connectivity index (χ1n) is 7.64. The van der Waals surface area contributed by atoms with E-state index in [1.165, 1.54) is 0 Å². The summed E-state index contributed by atoms with van der Waals surface area (Å²) in [6.07, 6.45) is 2.37. The first-order chi connectivity index (χ1) is 10.9. The van der Waals surface area contributed by atoms with Crippen LogP contribution in [0.1, 0.15) is 39.2 Å². The Hall–Kier alpha value is -2.28. The van der Waals surface area contributed by atoms with Crippen molar-refractivity contribution in [2.24, 2.45) is 0 Å². The topological polar surface area (TPSA) is 89.9 Å². The van der Waals surface area contributed by atoms with E-state index in [9.17, 15) is 0 Å². The van der Waals surface area contributed by atoms with E-state index in [0.29, 0.717) is 23.8 Å². The average Bonchev–Trinajstić information content (AvgIpc) is 3.12. The summed E-state index contributed by atoms with van der Waals surface area (Å²) >= 11 is 0. The van der Waals surface area contributed by atoms with E-state index in [0.717, 1.165) is 16.6 Å². The highest BCUT2D eigenvalue weighted by molar-refractivity contribution is 5.81. The summed E-state index contributed by atoms with van der Waals surface area (Å²) in [4.78, 5) is 8.75. The van der Waals surface area contributed by atoms with E-state index < -0.39 is 0 Å². The number of rotatable bonds is 4. The van der Waals surface area contributed by atoms with Gasteiger partial charge in [0.25, 0.3) is 11.6 Å². The fourth-order valence-electron chi connectivity index (χ4n) is 2.32. The highest BCUT2D eigenvalue weighted by Crippen LogP contribution is 2.30. The minimum Gasteiger partial charge on any atom is -0.336 e. The minimum atomic E-state index is -0.131. The largest absolute Gasteiger partial charge is 0.336 e. The standard InChI is InChI=1S/C16H21N5O2/c1-9(17-5)6-12-19-14(22-20-12)10-7-11-13(16(2,3)4)21-23-15(11)18-8-10/h7-9,17H,6H2,1-5H3. The van der Waals surface area contributed by atoms with E-state index in [1.54, 1.807) is 6.20 Å². The molecule has 0 saturated heterocycles. The van der Waals surface area contributed by atoms with Crippen molar-refractivity contribution in [3.05, 3.63) is 23.8 Å². The molecule has 0 aliphatic rings. The smallest absolute Gasteiger partial charge is 0.259 e. The van der Waals surface area contributed by atoms with Gasteiger partial charge in [-0.25, -0.2) is 4.98 Å². The van der Waals surface area contributed by atoms with E-state index in [4.69, 9.17) is 9.05 Å². The third-order valence-corrected chi connectivity index (χ3v) is 3.74. The maximum Gasteiger partial charge on any atom is 0.259 e. The van der Waals surface area contributed by atoms with Crippen molar-refractivity contribution in [2.45, 2.75) is 45.6 Å². The Labute approximate surface area is 134 Å². The van der Waals surface area contributed by atoms with Gasteiger partial charge < -0.3 is 14.4 Å². The van der Waals surface area contributed by atoms with E-state index in [1.807, 2.05) is 13.1 Å². The third kappa shape index (κ3) is 3.10. The number of nitrogens with one attached hydrogen (secondary N) is 1. The lowest BCUT2D eigenvalue weighted by molar-refractivity contribution is 0.414. The van der Waals surface area contributed by atoms with Crippen LogP contribution >= 0.6 is 0 Å².